The molecule has 4 rings (SSSR count). The van der Waals surface area contributed by atoms with E-state index in [0.29, 0.717) is 18.5 Å². The predicted molar refractivity (Wildman–Crippen MR) is 114 cm³/mol. The molecule has 0 unspecified atom stereocenters. The molecule has 29 heavy (non-hydrogen) atoms. The normalized spacial score (nSPS) is 13.8. The molecule has 0 bridgehead atoms. The van der Waals surface area contributed by atoms with E-state index in [9.17, 15) is 9.59 Å². The van der Waals surface area contributed by atoms with Crippen molar-refractivity contribution in [3.05, 3.63) is 83.7 Å². The van der Waals surface area contributed by atoms with Gasteiger partial charge < -0.3 is 14.6 Å². The van der Waals surface area contributed by atoms with Crippen LogP contribution in [0, 0.1) is 0 Å². The second-order valence-corrected chi connectivity index (χ2v) is 6.81. The number of benzene rings is 2. The Labute approximate surface area is 169 Å². The lowest BCUT2D eigenvalue weighted by Crippen LogP contribution is -2.26. The molecule has 146 valence electrons. The number of nitrogens with one attached hydrogen (secondary N) is 1. The molecule has 0 atom stereocenters. The van der Waals surface area contributed by atoms with E-state index in [1.165, 1.54) is 6.08 Å². The summed E-state index contributed by atoms with van der Waals surface area (Å²) < 4.78 is 5.26. The van der Waals surface area contributed by atoms with Gasteiger partial charge in [0.15, 0.2) is 0 Å². The third kappa shape index (κ3) is 3.85. The van der Waals surface area contributed by atoms with E-state index in [1.807, 2.05) is 54.6 Å². The minimum atomic E-state index is -0.438. The van der Waals surface area contributed by atoms with Gasteiger partial charge in [0.2, 0.25) is 0 Å². The number of para-hydroxylation sites is 1. The van der Waals surface area contributed by atoms with Gasteiger partial charge in [-0.1, -0.05) is 48.5 Å². The Hall–Kier alpha value is -3.60. The Morgan fingerprint density at radius 2 is 1.86 bits per heavy atom. The molecule has 3 aromatic rings. The smallest absolute Gasteiger partial charge is 0.341 e. The molecule has 0 saturated carbocycles. The number of ether oxygens (including phenoxy) is 1. The molecule has 1 N–H and O–H groups in total. The van der Waals surface area contributed by atoms with Crippen molar-refractivity contribution in [3.8, 4) is 0 Å². The first-order chi connectivity index (χ1) is 14.2. The van der Waals surface area contributed by atoms with Gasteiger partial charge in [-0.15, -0.1) is 0 Å². The fraction of sp³-hybridized carbons (Fsp3) is 0.167. The SMILES string of the molecule is CCOC(=O)C1=CN(C(=O)/C=C/c2ccccc2)CCc2c1[nH]c1ccccc21. The van der Waals surface area contributed by atoms with E-state index in [-0.39, 0.29) is 12.5 Å². The fourth-order valence-electron chi connectivity index (χ4n) is 3.57. The van der Waals surface area contributed by atoms with Crippen LogP contribution in [-0.2, 0) is 20.7 Å². The minimum Gasteiger partial charge on any atom is -0.462 e. The van der Waals surface area contributed by atoms with E-state index >= 15 is 0 Å². The number of carbonyl (C=O) groups excluding carboxylic acids is 2. The van der Waals surface area contributed by atoms with Crippen molar-refractivity contribution < 1.29 is 14.3 Å². The molecule has 2 heterocycles. The van der Waals surface area contributed by atoms with Crippen LogP contribution < -0.4 is 0 Å². The van der Waals surface area contributed by atoms with E-state index in [0.717, 1.165) is 27.7 Å². The van der Waals surface area contributed by atoms with Crippen LogP contribution >= 0.6 is 0 Å². The van der Waals surface area contributed by atoms with E-state index in [2.05, 4.69) is 4.98 Å². The Morgan fingerprint density at radius 1 is 1.10 bits per heavy atom. The molecule has 0 spiro atoms. The maximum Gasteiger partial charge on any atom is 0.341 e. The summed E-state index contributed by atoms with van der Waals surface area (Å²) >= 11 is 0. The highest BCUT2D eigenvalue weighted by Gasteiger charge is 2.26. The number of nitrogens with zero attached hydrogens (tertiary/aromatic N) is 1. The summed E-state index contributed by atoms with van der Waals surface area (Å²) in [6.45, 7) is 2.52. The van der Waals surface area contributed by atoms with Crippen molar-refractivity contribution in [1.82, 2.24) is 9.88 Å². The van der Waals surface area contributed by atoms with Gasteiger partial charge in [-0.25, -0.2) is 4.79 Å². The predicted octanol–water partition coefficient (Wildman–Crippen LogP) is 4.17. The molecule has 1 aliphatic rings. The zero-order valence-electron chi connectivity index (χ0n) is 16.2. The summed E-state index contributed by atoms with van der Waals surface area (Å²) in [4.78, 5) is 30.4. The van der Waals surface area contributed by atoms with E-state index in [4.69, 9.17) is 4.74 Å². The molecule has 2 aromatic carbocycles. The number of rotatable bonds is 4. The lowest BCUT2D eigenvalue weighted by molar-refractivity contribution is -0.136. The van der Waals surface area contributed by atoms with Crippen molar-refractivity contribution in [1.29, 1.82) is 0 Å². The summed E-state index contributed by atoms with van der Waals surface area (Å²) in [5, 5.41) is 1.06. The van der Waals surface area contributed by atoms with E-state index in [1.54, 1.807) is 24.1 Å². The standard InChI is InChI=1S/C24H22N2O3/c1-2-29-24(28)20-16-26(22(27)13-12-17-8-4-3-5-9-17)15-14-19-18-10-6-7-11-21(18)25-23(19)20/h3-13,16,25H,2,14-15H2,1H3/b13-12+. The lowest BCUT2D eigenvalue weighted by atomic mass is 10.0. The second kappa shape index (κ2) is 8.19. The molecule has 5 heteroatoms. The first kappa shape index (κ1) is 18.7. The summed E-state index contributed by atoms with van der Waals surface area (Å²) in [6, 6.07) is 17.6. The Balaban J connectivity index is 1.70. The lowest BCUT2D eigenvalue weighted by Gasteiger charge is -2.15. The molecule has 5 nitrogen and oxygen atoms in total. The molecule has 0 aliphatic carbocycles. The topological polar surface area (TPSA) is 62.4 Å². The first-order valence-corrected chi connectivity index (χ1v) is 9.70. The van der Waals surface area contributed by atoms with Gasteiger partial charge in [0.25, 0.3) is 5.91 Å². The molecule has 1 amide bonds. The van der Waals surface area contributed by atoms with Crippen LogP contribution in [0.15, 0.2) is 66.9 Å². The Kier molecular flexibility index (Phi) is 5.29. The van der Waals surface area contributed by atoms with Gasteiger partial charge >= 0.3 is 5.97 Å². The highest BCUT2D eigenvalue weighted by molar-refractivity contribution is 6.18. The number of H-pyrrole nitrogens is 1. The van der Waals surface area contributed by atoms with Crippen LogP contribution in [0.4, 0.5) is 0 Å². The maximum absolute atomic E-state index is 12.8. The van der Waals surface area contributed by atoms with Crippen molar-refractivity contribution in [3.63, 3.8) is 0 Å². The van der Waals surface area contributed by atoms with E-state index < -0.39 is 5.97 Å². The maximum atomic E-state index is 12.8. The van der Waals surface area contributed by atoms with Crippen molar-refractivity contribution in [2.75, 3.05) is 13.2 Å². The number of carbonyl (C=O) groups is 2. The fourth-order valence-corrected chi connectivity index (χ4v) is 3.57. The average molecular weight is 386 g/mol. The zero-order chi connectivity index (χ0) is 20.2. The van der Waals surface area contributed by atoms with Crippen molar-refractivity contribution >= 4 is 34.4 Å². The quantitative estimate of drug-likeness (QED) is 0.541. The largest absolute Gasteiger partial charge is 0.462 e. The zero-order valence-corrected chi connectivity index (χ0v) is 16.2. The van der Waals surface area contributed by atoms with Gasteiger partial charge in [0, 0.05) is 29.7 Å². The van der Waals surface area contributed by atoms with Gasteiger partial charge in [-0.3, -0.25) is 4.79 Å². The Morgan fingerprint density at radius 3 is 2.66 bits per heavy atom. The molecule has 1 aromatic heterocycles. The second-order valence-electron chi connectivity index (χ2n) is 6.81. The van der Waals surface area contributed by atoms with Crippen molar-refractivity contribution in [2.45, 2.75) is 13.3 Å². The number of fused-ring (bicyclic) bond motifs is 3. The number of aromatic amines is 1. The van der Waals surface area contributed by atoms with Crippen LogP contribution in [-0.4, -0.2) is 34.9 Å². The molecule has 1 aliphatic heterocycles. The molecular formula is C24H22N2O3. The van der Waals surface area contributed by atoms with Gasteiger partial charge in [-0.2, -0.15) is 0 Å². The number of aromatic nitrogens is 1. The van der Waals surface area contributed by atoms with Gasteiger partial charge in [0.05, 0.1) is 17.9 Å². The minimum absolute atomic E-state index is 0.176. The van der Waals surface area contributed by atoms with Crippen LogP contribution in [0.1, 0.15) is 23.7 Å². The van der Waals surface area contributed by atoms with Gasteiger partial charge in [0.1, 0.15) is 0 Å². The summed E-state index contributed by atoms with van der Waals surface area (Å²) in [5.74, 6) is -0.614. The number of hydrogen-bond acceptors (Lipinski definition) is 3. The summed E-state index contributed by atoms with van der Waals surface area (Å²) in [5.41, 5.74) is 4.05. The van der Waals surface area contributed by atoms with Crippen LogP contribution in [0.25, 0.3) is 22.6 Å². The third-order valence-electron chi connectivity index (χ3n) is 4.97. The van der Waals surface area contributed by atoms with Crippen molar-refractivity contribution in [2.24, 2.45) is 0 Å². The monoisotopic (exact) mass is 386 g/mol. The average Bonchev–Trinajstić information content (AvgIpc) is 3.00. The first-order valence-electron chi connectivity index (χ1n) is 9.70. The molecule has 0 fully saturated rings. The molecular weight excluding hydrogens is 364 g/mol. The van der Waals surface area contributed by atoms with Gasteiger partial charge in [-0.05, 0) is 36.6 Å². The molecule has 0 saturated heterocycles. The number of hydrogen-bond donors (Lipinski definition) is 1. The van der Waals surface area contributed by atoms with Crippen LogP contribution in [0.3, 0.4) is 0 Å². The highest BCUT2D eigenvalue weighted by Crippen LogP contribution is 2.31. The number of esters is 1. The summed E-state index contributed by atoms with van der Waals surface area (Å²) in [7, 11) is 0. The third-order valence-corrected chi connectivity index (χ3v) is 4.97. The number of amides is 1. The van der Waals surface area contributed by atoms with Crippen LogP contribution in [0.2, 0.25) is 0 Å². The Bertz CT molecular complexity index is 1110. The summed E-state index contributed by atoms with van der Waals surface area (Å²) in [6.07, 6.45) is 5.56. The highest BCUT2D eigenvalue weighted by atomic mass is 16.5. The molecule has 0 radical (unpaired) electrons. The van der Waals surface area contributed by atoms with Crippen LogP contribution in [0.5, 0.6) is 0 Å².